The third-order valence-electron chi connectivity index (χ3n) is 2.43. The Hall–Kier alpha value is -1.60. The van der Waals surface area contributed by atoms with Crippen molar-refractivity contribution < 1.29 is 14.7 Å². The fraction of sp³-hybridized carbons (Fsp3) is 0.400. The van der Waals surface area contributed by atoms with Crippen molar-refractivity contribution in [3.05, 3.63) is 15.8 Å². The van der Waals surface area contributed by atoms with Crippen LogP contribution < -0.4 is 17.0 Å². The molecule has 6 N–H and O–H groups in total. The van der Waals surface area contributed by atoms with E-state index in [2.05, 4.69) is 0 Å². The number of anilines is 1. The van der Waals surface area contributed by atoms with Crippen molar-refractivity contribution in [2.24, 2.45) is 5.84 Å². The second kappa shape index (κ2) is 5.65. The lowest BCUT2D eigenvalue weighted by atomic mass is 10.00. The van der Waals surface area contributed by atoms with Gasteiger partial charge < -0.3 is 10.8 Å². The number of rotatable bonds is 5. The zero-order chi connectivity index (χ0) is 13.0. The van der Waals surface area contributed by atoms with Crippen molar-refractivity contribution >= 4 is 28.9 Å². The molecule has 0 bridgehead atoms. The maximum Gasteiger partial charge on any atom is 0.311 e. The Kier molecular flexibility index (Phi) is 4.47. The lowest BCUT2D eigenvalue weighted by Crippen LogP contribution is -2.30. The summed E-state index contributed by atoms with van der Waals surface area (Å²) in [7, 11) is 0. The Balaban J connectivity index is 3.09. The van der Waals surface area contributed by atoms with Gasteiger partial charge in [0.25, 0.3) is 5.91 Å². The van der Waals surface area contributed by atoms with E-state index >= 15 is 0 Å². The smallest absolute Gasteiger partial charge is 0.311 e. The first-order chi connectivity index (χ1) is 8.02. The Morgan fingerprint density at radius 3 is 2.71 bits per heavy atom. The van der Waals surface area contributed by atoms with E-state index < -0.39 is 17.8 Å². The molecule has 1 amide bonds. The van der Waals surface area contributed by atoms with Crippen LogP contribution in [0.1, 0.15) is 40.9 Å². The number of thiophene rings is 1. The van der Waals surface area contributed by atoms with Gasteiger partial charge in [0.05, 0.1) is 17.2 Å². The molecule has 1 aromatic heterocycles. The number of nitrogens with one attached hydrogen (secondary N) is 1. The van der Waals surface area contributed by atoms with Crippen molar-refractivity contribution in [1.82, 2.24) is 5.43 Å². The molecule has 17 heavy (non-hydrogen) atoms. The van der Waals surface area contributed by atoms with E-state index in [4.69, 9.17) is 16.7 Å². The van der Waals surface area contributed by atoms with E-state index in [-0.39, 0.29) is 11.3 Å². The van der Waals surface area contributed by atoms with Crippen molar-refractivity contribution in [3.63, 3.8) is 0 Å². The molecule has 0 saturated heterocycles. The standard InChI is InChI=1S/C10H15N3O3S/c1-2-3-5(10(15)16)8-7(11)6(4-17-8)9(14)13-12/h4-5H,2-3,11-12H2,1H3,(H,13,14)(H,15,16). The normalized spacial score (nSPS) is 12.1. The molecule has 1 heterocycles. The number of nitrogens with two attached hydrogens (primary N) is 2. The lowest BCUT2D eigenvalue weighted by Gasteiger charge is -2.10. The fourth-order valence-corrected chi connectivity index (χ4v) is 2.66. The van der Waals surface area contributed by atoms with Crippen LogP contribution in [-0.4, -0.2) is 17.0 Å². The van der Waals surface area contributed by atoms with Crippen LogP contribution in [0.3, 0.4) is 0 Å². The molecule has 0 aromatic carbocycles. The van der Waals surface area contributed by atoms with Crippen molar-refractivity contribution in [2.45, 2.75) is 25.7 Å². The molecule has 1 unspecified atom stereocenters. The number of hydrogen-bond donors (Lipinski definition) is 4. The molecule has 7 heteroatoms. The summed E-state index contributed by atoms with van der Waals surface area (Å²) in [5, 5.41) is 10.6. The highest BCUT2D eigenvalue weighted by molar-refractivity contribution is 7.11. The average Bonchev–Trinajstić information content (AvgIpc) is 2.66. The number of carbonyl (C=O) groups excluding carboxylic acids is 1. The van der Waals surface area contributed by atoms with Crippen LogP contribution in [0.25, 0.3) is 0 Å². The third-order valence-corrected chi connectivity index (χ3v) is 3.54. The highest BCUT2D eigenvalue weighted by Crippen LogP contribution is 2.34. The Bertz CT molecular complexity index is 430. The van der Waals surface area contributed by atoms with E-state index in [0.717, 1.165) is 6.42 Å². The Morgan fingerprint density at radius 1 is 1.59 bits per heavy atom. The summed E-state index contributed by atoms with van der Waals surface area (Å²) in [6.07, 6.45) is 1.22. The SMILES string of the molecule is CCCC(C(=O)O)c1scc(C(=O)NN)c1N. The van der Waals surface area contributed by atoms with Crippen LogP contribution in [-0.2, 0) is 4.79 Å². The number of nitrogen functional groups attached to an aromatic ring is 2. The van der Waals surface area contributed by atoms with Crippen LogP contribution in [0.2, 0.25) is 0 Å². The third kappa shape index (κ3) is 2.75. The van der Waals surface area contributed by atoms with Gasteiger partial charge in [-0.1, -0.05) is 13.3 Å². The van der Waals surface area contributed by atoms with Crippen molar-refractivity contribution in [1.29, 1.82) is 0 Å². The maximum absolute atomic E-state index is 11.3. The predicted octanol–water partition coefficient (Wildman–Crippen LogP) is 0.902. The molecule has 0 fully saturated rings. The molecular formula is C10H15N3O3S. The van der Waals surface area contributed by atoms with E-state index in [0.29, 0.717) is 11.3 Å². The molecule has 0 radical (unpaired) electrons. The van der Waals surface area contributed by atoms with Gasteiger partial charge in [0, 0.05) is 10.3 Å². The molecule has 0 spiro atoms. The number of amides is 1. The number of carbonyl (C=O) groups is 2. The molecule has 1 rings (SSSR count). The van der Waals surface area contributed by atoms with Gasteiger partial charge in [-0.25, -0.2) is 5.84 Å². The molecule has 0 aliphatic heterocycles. The number of aliphatic carboxylic acids is 1. The zero-order valence-electron chi connectivity index (χ0n) is 9.40. The van der Waals surface area contributed by atoms with E-state index in [1.165, 1.54) is 16.7 Å². The van der Waals surface area contributed by atoms with Crippen LogP contribution >= 0.6 is 11.3 Å². The van der Waals surface area contributed by atoms with Gasteiger partial charge in [0.2, 0.25) is 0 Å². The monoisotopic (exact) mass is 257 g/mol. The summed E-state index contributed by atoms with van der Waals surface area (Å²) in [4.78, 5) is 23.0. The number of hydrogen-bond acceptors (Lipinski definition) is 5. The van der Waals surface area contributed by atoms with Gasteiger partial charge in [-0.3, -0.25) is 15.0 Å². The van der Waals surface area contributed by atoms with E-state index in [1.807, 2.05) is 12.3 Å². The Labute approximate surface area is 103 Å². The van der Waals surface area contributed by atoms with Crippen LogP contribution in [0, 0.1) is 0 Å². The first-order valence-electron chi connectivity index (χ1n) is 5.13. The molecule has 0 saturated carbocycles. The first-order valence-corrected chi connectivity index (χ1v) is 6.01. The fourth-order valence-electron chi connectivity index (χ4n) is 1.56. The summed E-state index contributed by atoms with van der Waals surface area (Å²) in [6, 6.07) is 0. The van der Waals surface area contributed by atoms with E-state index in [9.17, 15) is 9.59 Å². The average molecular weight is 257 g/mol. The summed E-state index contributed by atoms with van der Waals surface area (Å²) < 4.78 is 0. The molecule has 1 atom stereocenters. The number of carboxylic acid groups (broad SMARTS) is 1. The van der Waals surface area contributed by atoms with Crippen molar-refractivity contribution in [3.8, 4) is 0 Å². The summed E-state index contributed by atoms with van der Waals surface area (Å²) in [6.45, 7) is 1.90. The molecule has 94 valence electrons. The quantitative estimate of drug-likeness (QED) is 0.355. The highest BCUT2D eigenvalue weighted by Gasteiger charge is 2.25. The summed E-state index contributed by atoms with van der Waals surface area (Å²) >= 11 is 1.17. The van der Waals surface area contributed by atoms with Gasteiger partial charge in [-0.05, 0) is 6.42 Å². The van der Waals surface area contributed by atoms with Crippen LogP contribution in [0.5, 0.6) is 0 Å². The largest absolute Gasteiger partial charge is 0.481 e. The molecule has 0 aliphatic carbocycles. The first kappa shape index (κ1) is 13.5. The maximum atomic E-state index is 11.3. The van der Waals surface area contributed by atoms with Crippen LogP contribution in [0.4, 0.5) is 5.69 Å². The zero-order valence-corrected chi connectivity index (χ0v) is 10.2. The van der Waals surface area contributed by atoms with Gasteiger partial charge >= 0.3 is 5.97 Å². The van der Waals surface area contributed by atoms with Gasteiger partial charge in [0.15, 0.2) is 0 Å². The lowest BCUT2D eigenvalue weighted by molar-refractivity contribution is -0.138. The summed E-state index contributed by atoms with van der Waals surface area (Å²) in [5.74, 6) is 2.91. The molecular weight excluding hydrogens is 242 g/mol. The summed E-state index contributed by atoms with van der Waals surface area (Å²) in [5.41, 5.74) is 8.19. The minimum Gasteiger partial charge on any atom is -0.481 e. The molecule has 6 nitrogen and oxygen atoms in total. The number of hydrazine groups is 1. The van der Waals surface area contributed by atoms with Crippen LogP contribution in [0.15, 0.2) is 5.38 Å². The van der Waals surface area contributed by atoms with E-state index in [1.54, 1.807) is 0 Å². The van der Waals surface area contributed by atoms with Gasteiger partial charge in [-0.15, -0.1) is 11.3 Å². The highest BCUT2D eigenvalue weighted by atomic mass is 32.1. The minimum absolute atomic E-state index is 0.207. The number of carboxylic acids is 1. The second-order valence-corrected chi connectivity index (χ2v) is 4.49. The van der Waals surface area contributed by atoms with Gasteiger partial charge in [0.1, 0.15) is 0 Å². The molecule has 0 aliphatic rings. The van der Waals surface area contributed by atoms with Crippen molar-refractivity contribution in [2.75, 3.05) is 5.73 Å². The second-order valence-electron chi connectivity index (χ2n) is 3.58. The molecule has 1 aromatic rings. The Morgan fingerprint density at radius 2 is 2.24 bits per heavy atom. The van der Waals surface area contributed by atoms with Gasteiger partial charge in [-0.2, -0.15) is 0 Å². The predicted molar refractivity (Wildman–Crippen MR) is 65.7 cm³/mol. The minimum atomic E-state index is -0.930. The topological polar surface area (TPSA) is 118 Å².